The molecular formula is C26H27N3O2. The summed E-state index contributed by atoms with van der Waals surface area (Å²) in [7, 11) is 0. The predicted octanol–water partition coefficient (Wildman–Crippen LogP) is 4.90. The van der Waals surface area contributed by atoms with Crippen LogP contribution in [0.25, 0.3) is 21.8 Å². The summed E-state index contributed by atoms with van der Waals surface area (Å²) >= 11 is 0. The number of benzene rings is 3. The Morgan fingerprint density at radius 2 is 1.74 bits per heavy atom. The summed E-state index contributed by atoms with van der Waals surface area (Å²) < 4.78 is 7.74. The lowest BCUT2D eigenvalue weighted by atomic mass is 10.1. The van der Waals surface area contributed by atoms with Crippen molar-refractivity contribution in [3.05, 3.63) is 77.9 Å². The van der Waals surface area contributed by atoms with Crippen LogP contribution in [0.1, 0.15) is 22.8 Å². The molecule has 0 saturated carbocycles. The van der Waals surface area contributed by atoms with Gasteiger partial charge in [-0.25, -0.2) is 0 Å². The van der Waals surface area contributed by atoms with Crippen molar-refractivity contribution < 1.29 is 9.53 Å². The molecule has 1 aliphatic rings. The molecular weight excluding hydrogens is 386 g/mol. The van der Waals surface area contributed by atoms with E-state index in [0.717, 1.165) is 56.0 Å². The van der Waals surface area contributed by atoms with E-state index in [0.29, 0.717) is 5.56 Å². The molecule has 2 heterocycles. The fraction of sp³-hybridized carbons (Fsp3) is 0.269. The van der Waals surface area contributed by atoms with Gasteiger partial charge in [0.25, 0.3) is 5.91 Å². The van der Waals surface area contributed by atoms with Crippen LogP contribution in [0, 0.1) is 0 Å². The van der Waals surface area contributed by atoms with Gasteiger partial charge >= 0.3 is 0 Å². The van der Waals surface area contributed by atoms with Crippen LogP contribution in [0.5, 0.6) is 0 Å². The molecule has 3 aromatic carbocycles. The highest BCUT2D eigenvalue weighted by molar-refractivity contribution is 6.11. The summed E-state index contributed by atoms with van der Waals surface area (Å²) in [5.41, 5.74) is 5.06. The summed E-state index contributed by atoms with van der Waals surface area (Å²) in [4.78, 5) is 15.3. The van der Waals surface area contributed by atoms with Crippen molar-refractivity contribution in [1.29, 1.82) is 0 Å². The molecule has 1 saturated heterocycles. The Balaban J connectivity index is 1.39. The number of hydrogen-bond acceptors (Lipinski definition) is 3. The van der Waals surface area contributed by atoms with E-state index in [-0.39, 0.29) is 5.91 Å². The highest BCUT2D eigenvalue weighted by Crippen LogP contribution is 2.31. The number of nitrogens with zero attached hydrogens (tertiary/aromatic N) is 2. The minimum absolute atomic E-state index is 0.0811. The lowest BCUT2D eigenvalue weighted by Crippen LogP contribution is -2.35. The first kappa shape index (κ1) is 19.8. The maximum atomic E-state index is 13.0. The fourth-order valence-corrected chi connectivity index (χ4v) is 4.50. The summed E-state index contributed by atoms with van der Waals surface area (Å²) in [6, 6.07) is 22.5. The Bertz CT molecular complexity index is 1240. The number of morpholine rings is 1. The van der Waals surface area contributed by atoms with Crippen LogP contribution in [-0.2, 0) is 17.8 Å². The van der Waals surface area contributed by atoms with E-state index in [1.165, 1.54) is 16.4 Å². The first-order valence-electron chi connectivity index (χ1n) is 10.9. The molecule has 5 heteroatoms. The molecule has 0 bridgehead atoms. The number of hydrogen-bond donors (Lipinski definition) is 1. The lowest BCUT2D eigenvalue weighted by Gasteiger charge is -2.26. The van der Waals surface area contributed by atoms with Crippen LogP contribution >= 0.6 is 0 Å². The van der Waals surface area contributed by atoms with Crippen molar-refractivity contribution >= 4 is 33.4 Å². The van der Waals surface area contributed by atoms with Crippen LogP contribution in [0.15, 0.2) is 66.7 Å². The van der Waals surface area contributed by atoms with Crippen molar-refractivity contribution in [2.24, 2.45) is 0 Å². The van der Waals surface area contributed by atoms with Crippen molar-refractivity contribution in [3.8, 4) is 0 Å². The Morgan fingerprint density at radius 3 is 2.58 bits per heavy atom. The van der Waals surface area contributed by atoms with Gasteiger partial charge < -0.3 is 14.6 Å². The summed E-state index contributed by atoms with van der Waals surface area (Å²) in [5.74, 6) is -0.0811. The number of carbonyl (C=O) groups excluding carboxylic acids is 1. The van der Waals surface area contributed by atoms with E-state index >= 15 is 0 Å². The van der Waals surface area contributed by atoms with Gasteiger partial charge in [0.1, 0.15) is 0 Å². The molecule has 1 aliphatic heterocycles. The number of anilines is 1. The zero-order chi connectivity index (χ0) is 21.2. The third-order valence-electron chi connectivity index (χ3n) is 6.05. The zero-order valence-corrected chi connectivity index (χ0v) is 17.8. The summed E-state index contributed by atoms with van der Waals surface area (Å²) in [5, 5.41) is 5.47. The maximum absolute atomic E-state index is 13.0. The van der Waals surface area contributed by atoms with Crippen LogP contribution in [0.3, 0.4) is 0 Å². The second kappa shape index (κ2) is 8.53. The summed E-state index contributed by atoms with van der Waals surface area (Å²) in [6.45, 7) is 7.32. The van der Waals surface area contributed by atoms with Gasteiger partial charge in [-0.3, -0.25) is 9.69 Å². The van der Waals surface area contributed by atoms with E-state index in [9.17, 15) is 4.79 Å². The van der Waals surface area contributed by atoms with E-state index in [4.69, 9.17) is 4.74 Å². The van der Waals surface area contributed by atoms with Gasteiger partial charge in [0.05, 0.1) is 13.2 Å². The largest absolute Gasteiger partial charge is 0.379 e. The molecule has 0 unspecified atom stereocenters. The molecule has 158 valence electrons. The first-order chi connectivity index (χ1) is 15.2. The Kier molecular flexibility index (Phi) is 5.45. The van der Waals surface area contributed by atoms with Crippen molar-refractivity contribution in [1.82, 2.24) is 9.47 Å². The number of aromatic nitrogens is 1. The van der Waals surface area contributed by atoms with Crippen LogP contribution in [0.4, 0.5) is 5.69 Å². The number of aryl methyl sites for hydroxylation is 1. The van der Waals surface area contributed by atoms with Crippen LogP contribution < -0.4 is 5.32 Å². The number of amides is 1. The summed E-state index contributed by atoms with van der Waals surface area (Å²) in [6.07, 6.45) is 0. The molecule has 31 heavy (non-hydrogen) atoms. The average Bonchev–Trinajstić information content (AvgIpc) is 3.13. The molecule has 1 amide bonds. The molecule has 0 radical (unpaired) electrons. The van der Waals surface area contributed by atoms with Gasteiger partial charge in [0.2, 0.25) is 0 Å². The fourth-order valence-electron chi connectivity index (χ4n) is 4.50. The third-order valence-corrected chi connectivity index (χ3v) is 6.05. The smallest absolute Gasteiger partial charge is 0.255 e. The van der Waals surface area contributed by atoms with Gasteiger partial charge in [-0.1, -0.05) is 30.3 Å². The quantitative estimate of drug-likeness (QED) is 0.506. The van der Waals surface area contributed by atoms with E-state index < -0.39 is 0 Å². The first-order valence-corrected chi connectivity index (χ1v) is 10.9. The average molecular weight is 414 g/mol. The topological polar surface area (TPSA) is 46.5 Å². The highest BCUT2D eigenvalue weighted by atomic mass is 16.5. The number of ether oxygens (including phenoxy) is 1. The van der Waals surface area contributed by atoms with Gasteiger partial charge in [0, 0.05) is 59.2 Å². The van der Waals surface area contributed by atoms with Crippen molar-refractivity contribution in [3.63, 3.8) is 0 Å². The van der Waals surface area contributed by atoms with Gasteiger partial charge in [-0.15, -0.1) is 0 Å². The number of fused-ring (bicyclic) bond motifs is 3. The SMILES string of the molecule is CCn1c2ccccc2c2cc(NC(=O)c3cccc(CN4CCOCC4)c3)ccc21. The molecule has 0 spiro atoms. The molecule has 0 aliphatic carbocycles. The number of rotatable bonds is 5. The molecule has 1 aromatic heterocycles. The minimum atomic E-state index is -0.0811. The molecule has 5 nitrogen and oxygen atoms in total. The number of carbonyl (C=O) groups is 1. The predicted molar refractivity (Wildman–Crippen MR) is 126 cm³/mol. The highest BCUT2D eigenvalue weighted by Gasteiger charge is 2.14. The number of para-hydroxylation sites is 1. The second-order valence-corrected chi connectivity index (χ2v) is 8.04. The second-order valence-electron chi connectivity index (χ2n) is 8.04. The Morgan fingerprint density at radius 1 is 0.935 bits per heavy atom. The zero-order valence-electron chi connectivity index (χ0n) is 17.8. The molecule has 5 rings (SSSR count). The maximum Gasteiger partial charge on any atom is 0.255 e. The number of nitrogens with one attached hydrogen (secondary N) is 1. The van der Waals surface area contributed by atoms with E-state index in [2.05, 4.69) is 64.2 Å². The van der Waals surface area contributed by atoms with E-state index in [1.807, 2.05) is 24.3 Å². The van der Waals surface area contributed by atoms with Gasteiger partial charge in [0.15, 0.2) is 0 Å². The van der Waals surface area contributed by atoms with Crippen molar-refractivity contribution in [2.75, 3.05) is 31.6 Å². The third kappa shape index (κ3) is 3.94. The Hall–Kier alpha value is -3.15. The minimum Gasteiger partial charge on any atom is -0.379 e. The van der Waals surface area contributed by atoms with Gasteiger partial charge in [-0.2, -0.15) is 0 Å². The van der Waals surface area contributed by atoms with E-state index in [1.54, 1.807) is 0 Å². The van der Waals surface area contributed by atoms with Crippen LogP contribution in [0.2, 0.25) is 0 Å². The monoisotopic (exact) mass is 413 g/mol. The van der Waals surface area contributed by atoms with Gasteiger partial charge in [-0.05, 0) is 48.9 Å². The molecule has 1 N–H and O–H groups in total. The molecule has 0 atom stereocenters. The lowest BCUT2D eigenvalue weighted by molar-refractivity contribution is 0.0342. The standard InChI is InChI=1S/C26H27N3O2/c1-2-29-24-9-4-3-8-22(24)23-17-21(10-11-25(23)29)27-26(30)20-7-5-6-19(16-20)18-28-12-14-31-15-13-28/h3-11,16-17H,2,12-15,18H2,1H3,(H,27,30). The normalized spacial score (nSPS) is 14.9. The molecule has 4 aromatic rings. The molecule has 1 fully saturated rings. The van der Waals surface area contributed by atoms with Crippen LogP contribution in [-0.4, -0.2) is 41.7 Å². The van der Waals surface area contributed by atoms with Crippen molar-refractivity contribution in [2.45, 2.75) is 20.0 Å². The Labute approximate surface area is 182 Å².